The van der Waals surface area contributed by atoms with E-state index < -0.39 is 5.97 Å². The molecule has 1 saturated heterocycles. The average molecular weight is 285 g/mol. The van der Waals surface area contributed by atoms with Crippen LogP contribution in [0, 0.1) is 0 Å². The number of carbonyl (C=O) groups is 2. The quantitative estimate of drug-likeness (QED) is 0.730. The van der Waals surface area contributed by atoms with Crippen molar-refractivity contribution in [2.75, 3.05) is 46.8 Å². The first-order valence-electron chi connectivity index (χ1n) is 7.28. The highest BCUT2D eigenvalue weighted by molar-refractivity contribution is 5.79. The van der Waals surface area contributed by atoms with Gasteiger partial charge in [0, 0.05) is 25.7 Å². The maximum Gasteiger partial charge on any atom is 0.317 e. The molecule has 6 nitrogen and oxygen atoms in total. The van der Waals surface area contributed by atoms with Crippen molar-refractivity contribution in [2.45, 2.75) is 32.2 Å². The van der Waals surface area contributed by atoms with Crippen LogP contribution < -0.4 is 0 Å². The van der Waals surface area contributed by atoms with Gasteiger partial charge in [-0.25, -0.2) is 0 Å². The molecule has 0 aliphatic carbocycles. The Hall–Kier alpha value is -1.14. The van der Waals surface area contributed by atoms with Gasteiger partial charge in [-0.1, -0.05) is 0 Å². The van der Waals surface area contributed by atoms with Crippen LogP contribution in [-0.4, -0.2) is 84.5 Å². The number of likely N-dealkylation sites (tertiary alicyclic amines) is 1. The van der Waals surface area contributed by atoms with Crippen LogP contribution in [0.1, 0.15) is 26.2 Å². The number of carboxylic acid groups (broad SMARTS) is 1. The summed E-state index contributed by atoms with van der Waals surface area (Å²) in [7, 11) is 3.88. The molecule has 6 heteroatoms. The maximum absolute atomic E-state index is 12.3. The zero-order valence-corrected chi connectivity index (χ0v) is 12.8. The lowest BCUT2D eigenvalue weighted by Gasteiger charge is -2.35. The van der Waals surface area contributed by atoms with Gasteiger partial charge in [0.2, 0.25) is 5.91 Å². The van der Waals surface area contributed by atoms with Gasteiger partial charge in [0.1, 0.15) is 0 Å². The number of nitrogens with zero attached hydrogens (tertiary/aromatic N) is 3. The molecule has 1 unspecified atom stereocenters. The monoisotopic (exact) mass is 285 g/mol. The van der Waals surface area contributed by atoms with Crippen molar-refractivity contribution in [3.8, 4) is 0 Å². The third-order valence-electron chi connectivity index (χ3n) is 3.70. The first-order valence-corrected chi connectivity index (χ1v) is 7.28. The van der Waals surface area contributed by atoms with Crippen molar-refractivity contribution >= 4 is 11.9 Å². The van der Waals surface area contributed by atoms with E-state index in [0.717, 1.165) is 25.9 Å². The molecule has 20 heavy (non-hydrogen) atoms. The Morgan fingerprint density at radius 1 is 1.20 bits per heavy atom. The second-order valence-electron chi connectivity index (χ2n) is 5.84. The minimum Gasteiger partial charge on any atom is -0.480 e. The Morgan fingerprint density at radius 3 is 2.45 bits per heavy atom. The van der Waals surface area contributed by atoms with Crippen molar-refractivity contribution in [3.63, 3.8) is 0 Å². The SMILES string of the molecule is CC1CCCCN1C(=O)CN(CCN(C)C)CC(=O)O. The summed E-state index contributed by atoms with van der Waals surface area (Å²) in [5.41, 5.74) is 0. The van der Waals surface area contributed by atoms with Gasteiger partial charge >= 0.3 is 5.97 Å². The molecular weight excluding hydrogens is 258 g/mol. The molecule has 1 fully saturated rings. The number of likely N-dealkylation sites (N-methyl/N-ethyl adjacent to an activating group) is 1. The van der Waals surface area contributed by atoms with Gasteiger partial charge in [-0.05, 0) is 40.3 Å². The highest BCUT2D eigenvalue weighted by atomic mass is 16.4. The Balaban J connectivity index is 2.53. The van der Waals surface area contributed by atoms with Crippen molar-refractivity contribution < 1.29 is 14.7 Å². The van der Waals surface area contributed by atoms with Crippen LogP contribution in [0.4, 0.5) is 0 Å². The molecule has 1 heterocycles. The predicted molar refractivity (Wildman–Crippen MR) is 77.7 cm³/mol. The van der Waals surface area contributed by atoms with Crippen LogP contribution in [0.5, 0.6) is 0 Å². The summed E-state index contributed by atoms with van der Waals surface area (Å²) in [5.74, 6) is -0.833. The fourth-order valence-corrected chi connectivity index (χ4v) is 2.50. The molecule has 0 radical (unpaired) electrons. The molecule has 0 saturated carbocycles. The molecule has 1 N–H and O–H groups in total. The van der Waals surface area contributed by atoms with Gasteiger partial charge in [-0.3, -0.25) is 14.5 Å². The van der Waals surface area contributed by atoms with Gasteiger partial charge in [0.25, 0.3) is 0 Å². The van der Waals surface area contributed by atoms with Crippen LogP contribution in [0.2, 0.25) is 0 Å². The fraction of sp³-hybridized carbons (Fsp3) is 0.857. The van der Waals surface area contributed by atoms with E-state index in [1.807, 2.05) is 23.9 Å². The van der Waals surface area contributed by atoms with E-state index in [-0.39, 0.29) is 25.0 Å². The lowest BCUT2D eigenvalue weighted by atomic mass is 10.0. The Bertz CT molecular complexity index is 334. The van der Waals surface area contributed by atoms with Gasteiger partial charge in [-0.15, -0.1) is 0 Å². The Morgan fingerprint density at radius 2 is 1.90 bits per heavy atom. The third kappa shape index (κ3) is 5.88. The summed E-state index contributed by atoms with van der Waals surface area (Å²) in [6, 6.07) is 0.275. The molecule has 1 amide bonds. The van der Waals surface area contributed by atoms with E-state index in [2.05, 4.69) is 6.92 Å². The highest BCUT2D eigenvalue weighted by Gasteiger charge is 2.25. The van der Waals surface area contributed by atoms with E-state index in [1.54, 1.807) is 4.90 Å². The summed E-state index contributed by atoms with van der Waals surface area (Å²) in [6.45, 7) is 4.32. The smallest absolute Gasteiger partial charge is 0.317 e. The van der Waals surface area contributed by atoms with Gasteiger partial charge in [0.05, 0.1) is 13.1 Å². The van der Waals surface area contributed by atoms with E-state index in [0.29, 0.717) is 6.54 Å². The number of carbonyl (C=O) groups excluding carboxylic acids is 1. The predicted octanol–water partition coefficient (Wildman–Crippen LogP) is 0.336. The third-order valence-corrected chi connectivity index (χ3v) is 3.70. The number of piperidine rings is 1. The number of aliphatic carboxylic acids is 1. The van der Waals surface area contributed by atoms with E-state index in [4.69, 9.17) is 5.11 Å². The molecule has 1 atom stereocenters. The normalized spacial score (nSPS) is 19.6. The second-order valence-corrected chi connectivity index (χ2v) is 5.84. The molecule has 1 aliphatic heterocycles. The summed E-state index contributed by atoms with van der Waals surface area (Å²) < 4.78 is 0. The van der Waals surface area contributed by atoms with Gasteiger partial charge in [-0.2, -0.15) is 0 Å². The number of amides is 1. The number of hydrogen-bond acceptors (Lipinski definition) is 4. The number of carboxylic acids is 1. The van der Waals surface area contributed by atoms with Crippen LogP contribution in [-0.2, 0) is 9.59 Å². The molecule has 1 rings (SSSR count). The summed E-state index contributed by atoms with van der Waals surface area (Å²) in [4.78, 5) is 28.8. The summed E-state index contributed by atoms with van der Waals surface area (Å²) in [6.07, 6.45) is 3.26. The molecule has 0 spiro atoms. The van der Waals surface area contributed by atoms with Crippen molar-refractivity contribution in [3.05, 3.63) is 0 Å². The highest BCUT2D eigenvalue weighted by Crippen LogP contribution is 2.16. The van der Waals surface area contributed by atoms with E-state index >= 15 is 0 Å². The van der Waals surface area contributed by atoms with Crippen LogP contribution in [0.15, 0.2) is 0 Å². The first-order chi connectivity index (χ1) is 9.40. The second kappa shape index (κ2) is 8.21. The Kier molecular flexibility index (Phi) is 6.95. The summed E-state index contributed by atoms with van der Waals surface area (Å²) in [5, 5.41) is 8.94. The fourth-order valence-electron chi connectivity index (χ4n) is 2.50. The molecule has 0 aromatic rings. The zero-order valence-electron chi connectivity index (χ0n) is 12.8. The molecule has 0 aromatic carbocycles. The minimum atomic E-state index is -0.886. The minimum absolute atomic E-state index is 0.0530. The average Bonchev–Trinajstić information content (AvgIpc) is 2.35. The zero-order chi connectivity index (χ0) is 15.1. The van der Waals surface area contributed by atoms with Crippen LogP contribution in [0.25, 0.3) is 0 Å². The molecule has 0 aromatic heterocycles. The summed E-state index contributed by atoms with van der Waals surface area (Å²) >= 11 is 0. The first kappa shape index (κ1) is 16.9. The van der Waals surface area contributed by atoms with Crippen molar-refractivity contribution in [1.29, 1.82) is 0 Å². The van der Waals surface area contributed by atoms with Crippen LogP contribution >= 0.6 is 0 Å². The van der Waals surface area contributed by atoms with Gasteiger partial charge < -0.3 is 14.9 Å². The maximum atomic E-state index is 12.3. The largest absolute Gasteiger partial charge is 0.480 e. The molecular formula is C14H27N3O3. The number of rotatable bonds is 7. The molecule has 116 valence electrons. The lowest BCUT2D eigenvalue weighted by Crippen LogP contribution is -2.48. The van der Waals surface area contributed by atoms with Crippen molar-refractivity contribution in [2.24, 2.45) is 0 Å². The number of hydrogen-bond donors (Lipinski definition) is 1. The van der Waals surface area contributed by atoms with Crippen molar-refractivity contribution in [1.82, 2.24) is 14.7 Å². The lowest BCUT2D eigenvalue weighted by molar-refractivity contribution is -0.140. The Labute approximate surface area is 121 Å². The van der Waals surface area contributed by atoms with Crippen LogP contribution in [0.3, 0.4) is 0 Å². The van der Waals surface area contributed by atoms with E-state index in [1.165, 1.54) is 6.42 Å². The molecule has 0 bridgehead atoms. The standard InChI is InChI=1S/C14H27N3O3/c1-12-6-4-5-7-17(12)13(18)10-16(11-14(19)20)9-8-15(2)3/h12H,4-11H2,1-3H3,(H,19,20). The van der Waals surface area contributed by atoms with Gasteiger partial charge in [0.15, 0.2) is 0 Å². The molecule has 1 aliphatic rings. The topological polar surface area (TPSA) is 64.1 Å². The van der Waals surface area contributed by atoms with E-state index in [9.17, 15) is 9.59 Å².